The molecule has 0 aliphatic rings. The zero-order chi connectivity index (χ0) is 78.1. The maximum Gasteiger partial charge on any atom is 0.488 e. The molecule has 0 saturated carbocycles. The Balaban J connectivity index is 0.000000145. The van der Waals surface area contributed by atoms with Crippen LogP contribution in [0, 0.1) is 0 Å². The third-order valence-corrected chi connectivity index (χ3v) is 22.0. The Bertz CT molecular complexity index is 6570. The highest BCUT2D eigenvalue weighted by atomic mass is 79.9. The first-order valence-electron chi connectivity index (χ1n) is 38.9. The minimum atomic E-state index is -1.34. The van der Waals surface area contributed by atoms with E-state index in [1.54, 1.807) is 24.3 Å². The summed E-state index contributed by atoms with van der Waals surface area (Å²) in [6, 6.07) is 157. The molecule has 2 heterocycles. The number of halogens is 1. The second-order valence-corrected chi connectivity index (χ2v) is 29.4. The van der Waals surface area contributed by atoms with Gasteiger partial charge in [0.2, 0.25) is 0 Å². The van der Waals surface area contributed by atoms with Crippen LogP contribution < -0.4 is 15.3 Å². The predicted octanol–water partition coefficient (Wildman–Crippen LogP) is 29.2. The van der Waals surface area contributed by atoms with Crippen LogP contribution >= 0.6 is 15.9 Å². The van der Waals surface area contributed by atoms with Crippen molar-refractivity contribution in [1.29, 1.82) is 0 Å². The van der Waals surface area contributed by atoms with Crippen molar-refractivity contribution in [3.8, 4) is 100 Å². The number of fused-ring (bicyclic) bond motifs is 6. The monoisotopic (exact) mass is 1550 g/mol. The summed E-state index contributed by atoms with van der Waals surface area (Å²) < 4.78 is 14.2. The van der Waals surface area contributed by atoms with E-state index in [-0.39, 0.29) is 0 Å². The van der Waals surface area contributed by atoms with Crippen LogP contribution in [-0.2, 0) is 0 Å². The molecule has 0 aliphatic heterocycles. The molecule has 0 bridgehead atoms. The van der Waals surface area contributed by atoms with Gasteiger partial charge < -0.3 is 28.7 Å². The number of para-hydroxylation sites is 4. The Labute approximate surface area is 683 Å². The molecule has 6 nitrogen and oxygen atoms in total. The average molecular weight is 1560 g/mol. The first kappa shape index (κ1) is 73.1. The molecule has 552 valence electrons. The summed E-state index contributed by atoms with van der Waals surface area (Å²) >= 11 is 3.67. The number of hydrogen-bond donors (Lipinski definition) is 2. The molecule has 2 N–H and O–H groups in total. The maximum atomic E-state index is 8.58. The number of benzene rings is 18. The van der Waals surface area contributed by atoms with Crippen molar-refractivity contribution in [2.45, 2.75) is 0 Å². The van der Waals surface area contributed by atoms with E-state index >= 15 is 0 Å². The van der Waals surface area contributed by atoms with Crippen LogP contribution in [0.2, 0.25) is 0 Å². The van der Waals surface area contributed by atoms with Crippen LogP contribution in [0.5, 0.6) is 0 Å². The molecular weight excluding hydrogens is 1480 g/mol. The molecule has 116 heavy (non-hydrogen) atoms. The Morgan fingerprint density at radius 3 is 0.698 bits per heavy atom. The van der Waals surface area contributed by atoms with Gasteiger partial charge in [0.05, 0.1) is 4.47 Å². The van der Waals surface area contributed by atoms with Crippen molar-refractivity contribution in [2.75, 3.05) is 9.80 Å². The number of hydrogen-bond acceptors (Lipinski definition) is 6. The van der Waals surface area contributed by atoms with Crippen LogP contribution in [0.25, 0.3) is 144 Å². The van der Waals surface area contributed by atoms with Gasteiger partial charge in [-0.1, -0.05) is 358 Å². The van der Waals surface area contributed by atoms with E-state index < -0.39 is 7.12 Å². The van der Waals surface area contributed by atoms with Crippen molar-refractivity contribution >= 4 is 107 Å². The number of anilines is 6. The van der Waals surface area contributed by atoms with Crippen molar-refractivity contribution in [3.05, 3.63) is 453 Å². The van der Waals surface area contributed by atoms with E-state index in [0.717, 1.165) is 138 Å². The molecule has 0 atom stereocenters. The summed E-state index contributed by atoms with van der Waals surface area (Å²) in [5, 5.41) is 21.6. The Morgan fingerprint density at radius 1 is 0.190 bits per heavy atom. The topological polar surface area (TPSA) is 73.2 Å². The number of rotatable bonds is 16. The van der Waals surface area contributed by atoms with Gasteiger partial charge >= 0.3 is 7.12 Å². The summed E-state index contributed by atoms with van der Waals surface area (Å²) in [6.45, 7) is 0. The summed E-state index contributed by atoms with van der Waals surface area (Å²) in [5.41, 5.74) is 31.6. The van der Waals surface area contributed by atoms with Gasteiger partial charge in [0, 0.05) is 72.4 Å². The maximum absolute atomic E-state index is 8.58. The minimum Gasteiger partial charge on any atom is -0.455 e. The van der Waals surface area contributed by atoms with Gasteiger partial charge in [-0.3, -0.25) is 0 Å². The van der Waals surface area contributed by atoms with Gasteiger partial charge in [-0.25, -0.2) is 0 Å². The molecule has 0 aliphatic carbocycles. The fourth-order valence-electron chi connectivity index (χ4n) is 15.5. The molecule has 20 rings (SSSR count). The number of furan rings is 2. The Hall–Kier alpha value is -14.4. The molecular formula is C108H76BBrN2O4. The van der Waals surface area contributed by atoms with E-state index in [9.17, 15) is 0 Å². The second-order valence-electron chi connectivity index (χ2n) is 28.6. The highest BCUT2D eigenvalue weighted by molar-refractivity contribution is 9.10. The standard InChI is InChI=1S/C54H37NO.C48H32BrNO.C6H7BO2/c1-4-13-38(14-5-1)40-25-31-46(32-26-40)55(47-33-27-41(28-34-47)39-15-6-2-7-16-39)48-35-29-42(30-36-48)44-19-10-20-45(37-44)50-22-12-24-52-51-23-11-21-49(53(51)56-54(50)52)43-17-8-3-9-18-43;49-46-19-9-18-45-44-17-8-16-43(47(44)51-48(45)46)39-15-7-14-38(32-39)37-24-30-42(31-25-37)50(40-26-20-35(21-27-40)33-10-3-1-4-11-33)41-28-22-36(23-29-41)34-12-5-2-6-13-34;8-7(9)6-4-2-1-3-5-6/h1-37H;1-32H;1-5,8-9H. The van der Waals surface area contributed by atoms with Crippen LogP contribution in [0.15, 0.2) is 462 Å². The number of nitrogens with zero attached hydrogens (tertiary/aromatic N) is 2. The molecule has 18 aromatic carbocycles. The zero-order valence-corrected chi connectivity index (χ0v) is 64.9. The van der Waals surface area contributed by atoms with E-state index in [1.165, 1.54) is 44.5 Å². The van der Waals surface area contributed by atoms with Crippen LogP contribution in [0.3, 0.4) is 0 Å². The third kappa shape index (κ3) is 15.6. The van der Waals surface area contributed by atoms with Crippen LogP contribution in [-0.4, -0.2) is 17.2 Å². The molecule has 2 aromatic heterocycles. The molecule has 0 unspecified atom stereocenters. The van der Waals surface area contributed by atoms with Gasteiger partial charge in [0.1, 0.15) is 22.3 Å². The normalized spacial score (nSPS) is 11.1. The first-order valence-corrected chi connectivity index (χ1v) is 39.7. The van der Waals surface area contributed by atoms with E-state index in [0.29, 0.717) is 5.46 Å². The van der Waals surface area contributed by atoms with Gasteiger partial charge in [0.25, 0.3) is 0 Å². The van der Waals surface area contributed by atoms with Gasteiger partial charge in [-0.2, -0.15) is 0 Å². The minimum absolute atomic E-state index is 0.525. The van der Waals surface area contributed by atoms with Gasteiger partial charge in [-0.05, 0) is 196 Å². The average Bonchev–Trinajstić information content (AvgIpc) is 1.61. The lowest BCUT2D eigenvalue weighted by atomic mass is 9.81. The van der Waals surface area contributed by atoms with Gasteiger partial charge in [-0.15, -0.1) is 0 Å². The van der Waals surface area contributed by atoms with E-state index in [4.69, 9.17) is 18.9 Å². The van der Waals surface area contributed by atoms with Crippen molar-refractivity contribution in [2.24, 2.45) is 0 Å². The van der Waals surface area contributed by atoms with E-state index in [2.05, 4.69) is 432 Å². The van der Waals surface area contributed by atoms with Crippen molar-refractivity contribution in [1.82, 2.24) is 0 Å². The predicted molar refractivity (Wildman–Crippen MR) is 490 cm³/mol. The smallest absolute Gasteiger partial charge is 0.455 e. The second kappa shape index (κ2) is 33.5. The zero-order valence-electron chi connectivity index (χ0n) is 63.3. The molecule has 8 heteroatoms. The summed E-state index contributed by atoms with van der Waals surface area (Å²) in [7, 11) is -1.34. The van der Waals surface area contributed by atoms with Gasteiger partial charge in [0.15, 0.2) is 0 Å². The third-order valence-electron chi connectivity index (χ3n) is 21.4. The molecule has 0 amide bonds. The van der Waals surface area contributed by atoms with E-state index in [1.807, 2.05) is 18.2 Å². The summed E-state index contributed by atoms with van der Waals surface area (Å²) in [6.07, 6.45) is 0. The van der Waals surface area contributed by atoms with Crippen LogP contribution in [0.4, 0.5) is 34.1 Å². The Kier molecular flexibility index (Phi) is 21.1. The van der Waals surface area contributed by atoms with Crippen molar-refractivity contribution in [3.63, 3.8) is 0 Å². The Morgan fingerprint density at radius 2 is 0.405 bits per heavy atom. The first-order chi connectivity index (χ1) is 57.3. The molecule has 20 aromatic rings. The molecule has 0 saturated heterocycles. The fourth-order valence-corrected chi connectivity index (χ4v) is 15.9. The largest absolute Gasteiger partial charge is 0.488 e. The molecule has 0 radical (unpaired) electrons. The lowest BCUT2D eigenvalue weighted by molar-refractivity contribution is 0.426. The highest BCUT2D eigenvalue weighted by Gasteiger charge is 2.21. The lowest BCUT2D eigenvalue weighted by Gasteiger charge is -2.26. The fraction of sp³-hybridized carbons (Fsp3) is 0. The van der Waals surface area contributed by atoms with Crippen molar-refractivity contribution < 1.29 is 18.9 Å². The molecule has 0 spiro atoms. The lowest BCUT2D eigenvalue weighted by Crippen LogP contribution is -2.29. The molecule has 0 fully saturated rings. The summed E-state index contributed by atoms with van der Waals surface area (Å²) in [4.78, 5) is 4.65. The SMILES string of the molecule is Brc1cccc2c1oc1c(-c3cccc(-c4ccc(N(c5ccc(-c6ccccc6)cc5)c5ccc(-c6ccccc6)cc5)cc4)c3)cccc12.OB(O)c1ccccc1.c1ccc(-c2ccc(N(c3ccc(-c4ccccc4)cc3)c3ccc(-c4cccc(-c5cccc6c5oc5c(-c7ccccc7)cccc56)c4)cc3)cc2)cc1. The summed E-state index contributed by atoms with van der Waals surface area (Å²) in [5.74, 6) is 0. The quantitative estimate of drug-likeness (QED) is 0.0939. The highest BCUT2D eigenvalue weighted by Crippen LogP contribution is 2.45. The van der Waals surface area contributed by atoms with Crippen LogP contribution in [0.1, 0.15) is 0 Å².